The molecule has 0 aliphatic heterocycles. The number of hydrazone groups is 1. The Morgan fingerprint density at radius 3 is 2.71 bits per heavy atom. The normalized spacial score (nSPS) is 11.0. The van der Waals surface area contributed by atoms with Crippen LogP contribution in [0, 0.1) is 6.92 Å². The van der Waals surface area contributed by atoms with Crippen LogP contribution in [0.15, 0.2) is 59.7 Å². The maximum absolute atomic E-state index is 12.7. The molecule has 0 heterocycles. The van der Waals surface area contributed by atoms with E-state index in [0.29, 0.717) is 23.7 Å². The van der Waals surface area contributed by atoms with E-state index in [0.717, 1.165) is 28.3 Å². The second-order valence-electron chi connectivity index (χ2n) is 6.44. The monoisotopic (exact) mass is 376 g/mol. The Balaban J connectivity index is 1.78. The van der Waals surface area contributed by atoms with Gasteiger partial charge in [0.2, 0.25) is 0 Å². The van der Waals surface area contributed by atoms with Gasteiger partial charge in [-0.15, -0.1) is 0 Å². The zero-order valence-electron chi connectivity index (χ0n) is 16.4. The third-order valence-corrected chi connectivity index (χ3v) is 4.39. The Bertz CT molecular complexity index is 1010. The quantitative estimate of drug-likeness (QED) is 0.480. The molecule has 0 saturated carbocycles. The average Bonchev–Trinajstić information content (AvgIpc) is 2.72. The number of rotatable bonds is 7. The first-order valence-electron chi connectivity index (χ1n) is 9.26. The number of carbonyl (C=O) groups excluding carboxylic acids is 1. The van der Waals surface area contributed by atoms with Crippen molar-refractivity contribution in [3.8, 4) is 11.5 Å². The molecule has 0 radical (unpaired) electrons. The number of hydrogen-bond acceptors (Lipinski definition) is 4. The van der Waals surface area contributed by atoms with Gasteiger partial charge in [0.1, 0.15) is 0 Å². The van der Waals surface area contributed by atoms with Gasteiger partial charge in [-0.1, -0.05) is 43.3 Å². The molecule has 0 aliphatic rings. The first-order valence-corrected chi connectivity index (χ1v) is 9.26. The van der Waals surface area contributed by atoms with Gasteiger partial charge in [-0.25, -0.2) is 5.43 Å². The van der Waals surface area contributed by atoms with Crippen LogP contribution in [0.3, 0.4) is 0 Å². The van der Waals surface area contributed by atoms with Crippen LogP contribution < -0.4 is 14.9 Å². The van der Waals surface area contributed by atoms with Crippen LogP contribution in [-0.2, 0) is 0 Å². The lowest BCUT2D eigenvalue weighted by Gasteiger charge is -2.10. The van der Waals surface area contributed by atoms with Crippen molar-refractivity contribution in [1.29, 1.82) is 0 Å². The van der Waals surface area contributed by atoms with Crippen molar-refractivity contribution >= 4 is 22.9 Å². The molecule has 0 bridgehead atoms. The summed E-state index contributed by atoms with van der Waals surface area (Å²) < 4.78 is 11.0. The van der Waals surface area contributed by atoms with Crippen molar-refractivity contribution in [2.75, 3.05) is 13.7 Å². The number of carbonyl (C=O) groups is 1. The molecule has 3 rings (SSSR count). The fourth-order valence-electron chi connectivity index (χ4n) is 3.00. The number of benzene rings is 3. The van der Waals surface area contributed by atoms with Gasteiger partial charge in [0.05, 0.1) is 25.5 Å². The number of nitrogens with one attached hydrogen (secondary N) is 1. The molecule has 0 fully saturated rings. The molecule has 1 N–H and O–H groups in total. The summed E-state index contributed by atoms with van der Waals surface area (Å²) in [5.74, 6) is 1.09. The molecule has 28 heavy (non-hydrogen) atoms. The zero-order valence-corrected chi connectivity index (χ0v) is 16.4. The molecule has 5 heteroatoms. The van der Waals surface area contributed by atoms with Crippen LogP contribution in [0.25, 0.3) is 10.8 Å². The van der Waals surface area contributed by atoms with Crippen molar-refractivity contribution < 1.29 is 14.3 Å². The molecule has 5 nitrogen and oxygen atoms in total. The minimum absolute atomic E-state index is 0.235. The molecule has 3 aromatic rings. The summed E-state index contributed by atoms with van der Waals surface area (Å²) in [7, 11) is 1.61. The summed E-state index contributed by atoms with van der Waals surface area (Å²) >= 11 is 0. The molecule has 0 aromatic heterocycles. The second-order valence-corrected chi connectivity index (χ2v) is 6.44. The predicted molar refractivity (Wildman–Crippen MR) is 113 cm³/mol. The number of fused-ring (bicyclic) bond motifs is 1. The highest BCUT2D eigenvalue weighted by Crippen LogP contribution is 2.27. The van der Waals surface area contributed by atoms with E-state index in [4.69, 9.17) is 9.47 Å². The van der Waals surface area contributed by atoms with Gasteiger partial charge in [0.25, 0.3) is 5.91 Å². The number of ether oxygens (including phenoxy) is 2. The SMILES string of the molecule is CCCOc1cc(/C=N\NC(=O)c2c(C)ccc3ccccc23)ccc1OC. The Morgan fingerprint density at radius 2 is 1.93 bits per heavy atom. The highest BCUT2D eigenvalue weighted by Gasteiger charge is 2.12. The number of amides is 1. The van der Waals surface area contributed by atoms with Gasteiger partial charge in [-0.05, 0) is 53.4 Å². The van der Waals surface area contributed by atoms with Crippen molar-refractivity contribution in [2.24, 2.45) is 5.10 Å². The van der Waals surface area contributed by atoms with Gasteiger partial charge in [0.15, 0.2) is 11.5 Å². The Kier molecular flexibility index (Phi) is 6.27. The van der Waals surface area contributed by atoms with Crippen molar-refractivity contribution in [3.63, 3.8) is 0 Å². The van der Waals surface area contributed by atoms with E-state index in [-0.39, 0.29) is 5.91 Å². The molecule has 0 atom stereocenters. The Morgan fingerprint density at radius 1 is 1.11 bits per heavy atom. The van der Waals surface area contributed by atoms with Gasteiger partial charge in [-0.2, -0.15) is 5.10 Å². The van der Waals surface area contributed by atoms with Gasteiger partial charge < -0.3 is 9.47 Å². The van der Waals surface area contributed by atoms with Gasteiger partial charge in [-0.3, -0.25) is 4.79 Å². The lowest BCUT2D eigenvalue weighted by Crippen LogP contribution is -2.19. The van der Waals surface area contributed by atoms with Gasteiger partial charge in [0, 0.05) is 0 Å². The standard InChI is InChI=1S/C23H24N2O3/c1-4-13-28-21-14-17(10-12-20(21)27-3)15-24-25-23(26)22-16(2)9-11-18-7-5-6-8-19(18)22/h5-12,14-15H,4,13H2,1-3H3,(H,25,26)/b24-15-. The van der Waals surface area contributed by atoms with Crippen LogP contribution in [0.5, 0.6) is 11.5 Å². The maximum Gasteiger partial charge on any atom is 0.272 e. The number of aryl methyl sites for hydroxylation is 1. The summed E-state index contributed by atoms with van der Waals surface area (Å²) in [5.41, 5.74) is 4.98. The Hall–Kier alpha value is -3.34. The number of methoxy groups -OCH3 is 1. The molecule has 144 valence electrons. The smallest absolute Gasteiger partial charge is 0.272 e. The first kappa shape index (κ1) is 19.4. The lowest BCUT2D eigenvalue weighted by molar-refractivity contribution is 0.0956. The third kappa shape index (κ3) is 4.31. The highest BCUT2D eigenvalue weighted by atomic mass is 16.5. The fraction of sp³-hybridized carbons (Fsp3) is 0.217. The largest absolute Gasteiger partial charge is 0.493 e. The van der Waals surface area contributed by atoms with E-state index in [1.807, 2.05) is 68.4 Å². The van der Waals surface area contributed by atoms with Crippen LogP contribution in [-0.4, -0.2) is 25.8 Å². The number of hydrogen-bond donors (Lipinski definition) is 1. The minimum Gasteiger partial charge on any atom is -0.493 e. The summed E-state index contributed by atoms with van der Waals surface area (Å²) in [5, 5.41) is 6.06. The summed E-state index contributed by atoms with van der Waals surface area (Å²) in [6, 6.07) is 17.3. The van der Waals surface area contributed by atoms with Crippen LogP contribution in [0.4, 0.5) is 0 Å². The Labute approximate surface area is 165 Å². The molecular formula is C23H24N2O3. The van der Waals surface area contributed by atoms with E-state index < -0.39 is 0 Å². The fourth-order valence-corrected chi connectivity index (χ4v) is 3.00. The second kappa shape index (κ2) is 9.04. The molecule has 0 aliphatic carbocycles. The van der Waals surface area contributed by atoms with E-state index >= 15 is 0 Å². The average molecular weight is 376 g/mol. The topological polar surface area (TPSA) is 59.9 Å². The van der Waals surface area contributed by atoms with Crippen molar-refractivity contribution in [3.05, 3.63) is 71.3 Å². The molecule has 0 spiro atoms. The lowest BCUT2D eigenvalue weighted by atomic mass is 9.99. The molecule has 0 saturated heterocycles. The molecule has 1 amide bonds. The van der Waals surface area contributed by atoms with Crippen LogP contribution >= 0.6 is 0 Å². The third-order valence-electron chi connectivity index (χ3n) is 4.39. The van der Waals surface area contributed by atoms with Gasteiger partial charge >= 0.3 is 0 Å². The van der Waals surface area contributed by atoms with Crippen molar-refractivity contribution in [1.82, 2.24) is 5.43 Å². The minimum atomic E-state index is -0.235. The molecule has 0 unspecified atom stereocenters. The van der Waals surface area contributed by atoms with Crippen LogP contribution in [0.2, 0.25) is 0 Å². The first-order chi connectivity index (χ1) is 13.6. The number of nitrogens with zero attached hydrogens (tertiary/aromatic N) is 1. The van der Waals surface area contributed by atoms with E-state index in [2.05, 4.69) is 10.5 Å². The van der Waals surface area contributed by atoms with Crippen molar-refractivity contribution in [2.45, 2.75) is 20.3 Å². The van der Waals surface area contributed by atoms with E-state index in [9.17, 15) is 4.79 Å². The summed E-state index contributed by atoms with van der Waals surface area (Å²) in [6.45, 7) is 4.57. The summed E-state index contributed by atoms with van der Waals surface area (Å²) in [4.78, 5) is 12.7. The molecular weight excluding hydrogens is 352 g/mol. The summed E-state index contributed by atoms with van der Waals surface area (Å²) in [6.07, 6.45) is 2.50. The van der Waals surface area contributed by atoms with E-state index in [1.165, 1.54) is 0 Å². The maximum atomic E-state index is 12.7. The zero-order chi connectivity index (χ0) is 19.9. The highest BCUT2D eigenvalue weighted by molar-refractivity contribution is 6.08. The van der Waals surface area contributed by atoms with E-state index in [1.54, 1.807) is 13.3 Å². The predicted octanol–water partition coefficient (Wildman–Crippen LogP) is 4.71. The molecule has 3 aromatic carbocycles. The van der Waals surface area contributed by atoms with Crippen LogP contribution in [0.1, 0.15) is 34.8 Å².